The highest BCUT2D eigenvalue weighted by Gasteiger charge is 2.48. The summed E-state index contributed by atoms with van der Waals surface area (Å²) in [5.74, 6) is 0. The number of benzene rings is 1. The van der Waals surface area contributed by atoms with E-state index in [2.05, 4.69) is 0 Å². The molecule has 4 nitrogen and oxygen atoms in total. The fourth-order valence-electron chi connectivity index (χ4n) is 3.82. The van der Waals surface area contributed by atoms with Crippen LogP contribution in [-0.2, 0) is 25.9 Å². The molecule has 0 radical (unpaired) electrons. The lowest BCUT2D eigenvalue weighted by atomic mass is 9.85. The van der Waals surface area contributed by atoms with E-state index in [4.69, 9.17) is 9.47 Å². The average Bonchev–Trinajstić information content (AvgIpc) is 3.09. The van der Waals surface area contributed by atoms with Gasteiger partial charge in [0.25, 0.3) is 0 Å². The summed E-state index contributed by atoms with van der Waals surface area (Å²) in [6.07, 6.45) is 2.93. The molecule has 3 heterocycles. The van der Waals surface area contributed by atoms with Crippen LogP contribution in [0.1, 0.15) is 43.1 Å². The molecule has 2 unspecified atom stereocenters. The first kappa shape index (κ1) is 13.9. The zero-order valence-electron chi connectivity index (χ0n) is 11.9. The van der Waals surface area contributed by atoms with Crippen LogP contribution in [0.4, 0.5) is 0 Å². The highest BCUT2D eigenvalue weighted by atomic mass is 32.2. The summed E-state index contributed by atoms with van der Waals surface area (Å²) in [4.78, 5) is 0. The van der Waals surface area contributed by atoms with Gasteiger partial charge in [-0.15, -0.1) is 0 Å². The number of ether oxygens (including phenoxy) is 2. The van der Waals surface area contributed by atoms with Crippen molar-refractivity contribution < 1.29 is 18.8 Å². The first-order valence-electron chi connectivity index (χ1n) is 7.61. The van der Waals surface area contributed by atoms with Crippen molar-refractivity contribution in [2.24, 2.45) is 0 Å². The van der Waals surface area contributed by atoms with Gasteiger partial charge in [0.15, 0.2) is 6.29 Å². The van der Waals surface area contributed by atoms with Crippen LogP contribution in [0, 0.1) is 0 Å². The van der Waals surface area contributed by atoms with Crippen molar-refractivity contribution >= 4 is 10.8 Å². The quantitative estimate of drug-likeness (QED) is 0.908. The van der Waals surface area contributed by atoms with E-state index in [9.17, 15) is 9.32 Å². The number of rotatable bonds is 2. The van der Waals surface area contributed by atoms with Gasteiger partial charge in [-0.1, -0.05) is 24.3 Å². The summed E-state index contributed by atoms with van der Waals surface area (Å²) < 4.78 is 23.1. The van der Waals surface area contributed by atoms with Crippen LogP contribution in [-0.4, -0.2) is 33.0 Å². The molecule has 114 valence electrons. The molecule has 0 aliphatic carbocycles. The Balaban J connectivity index is 1.57. The molecule has 5 heteroatoms. The molecule has 4 rings (SSSR count). The molecule has 1 aromatic rings. The lowest BCUT2D eigenvalue weighted by molar-refractivity contribution is -0.0442. The van der Waals surface area contributed by atoms with Crippen LogP contribution in [0.15, 0.2) is 24.3 Å². The zero-order valence-corrected chi connectivity index (χ0v) is 12.7. The van der Waals surface area contributed by atoms with Crippen molar-refractivity contribution in [2.45, 2.75) is 48.1 Å². The van der Waals surface area contributed by atoms with E-state index in [1.165, 1.54) is 0 Å². The first-order valence-corrected chi connectivity index (χ1v) is 8.89. The predicted octanol–water partition coefficient (Wildman–Crippen LogP) is 1.99. The molecule has 3 fully saturated rings. The highest BCUT2D eigenvalue weighted by molar-refractivity contribution is 7.86. The molecule has 0 saturated carbocycles. The Morgan fingerprint density at radius 2 is 1.62 bits per heavy atom. The van der Waals surface area contributed by atoms with Crippen LogP contribution in [0.3, 0.4) is 0 Å². The number of fused-ring (bicyclic) bond motifs is 2. The highest BCUT2D eigenvalue weighted by Crippen LogP contribution is 2.45. The summed E-state index contributed by atoms with van der Waals surface area (Å²) in [5.41, 5.74) is 1.09. The van der Waals surface area contributed by atoms with E-state index in [1.807, 2.05) is 24.3 Å². The maximum absolute atomic E-state index is 12.1. The predicted molar refractivity (Wildman–Crippen MR) is 79.2 cm³/mol. The maximum atomic E-state index is 12.1. The van der Waals surface area contributed by atoms with E-state index in [0.29, 0.717) is 26.1 Å². The maximum Gasteiger partial charge on any atom is 0.184 e. The Labute approximate surface area is 126 Å². The van der Waals surface area contributed by atoms with E-state index in [0.717, 1.165) is 24.0 Å². The number of hydrogen-bond donors (Lipinski definition) is 1. The second kappa shape index (κ2) is 5.16. The van der Waals surface area contributed by atoms with Gasteiger partial charge < -0.3 is 14.6 Å². The van der Waals surface area contributed by atoms with Crippen molar-refractivity contribution in [3.05, 3.63) is 35.4 Å². The first-order chi connectivity index (χ1) is 10.2. The Morgan fingerprint density at radius 1 is 1.05 bits per heavy atom. The van der Waals surface area contributed by atoms with Crippen molar-refractivity contribution in [3.63, 3.8) is 0 Å². The standard InChI is InChI=1S/C16H20O4S/c17-16(9-13-5-6-14(10-16)21(13)18)12-3-1-11(2-4-12)15-19-7-8-20-15/h1-4,13-15,17H,5-10H2. The Morgan fingerprint density at radius 3 is 2.19 bits per heavy atom. The fraction of sp³-hybridized carbons (Fsp3) is 0.625. The third-order valence-electron chi connectivity index (χ3n) is 4.94. The topological polar surface area (TPSA) is 55.8 Å². The van der Waals surface area contributed by atoms with Gasteiger partial charge in [0.2, 0.25) is 0 Å². The van der Waals surface area contributed by atoms with E-state index >= 15 is 0 Å². The monoisotopic (exact) mass is 308 g/mol. The fourth-order valence-corrected chi connectivity index (χ4v) is 5.98. The minimum atomic E-state index is -0.824. The molecule has 0 amide bonds. The molecule has 3 aliphatic rings. The molecule has 2 bridgehead atoms. The molecule has 0 spiro atoms. The van der Waals surface area contributed by atoms with Gasteiger partial charge in [-0.05, 0) is 31.2 Å². The normalized spacial score (nSPS) is 39.8. The van der Waals surface area contributed by atoms with E-state index in [-0.39, 0.29) is 16.8 Å². The van der Waals surface area contributed by atoms with Crippen molar-refractivity contribution in [1.29, 1.82) is 0 Å². The van der Waals surface area contributed by atoms with Crippen LogP contribution in [0.5, 0.6) is 0 Å². The summed E-state index contributed by atoms with van der Waals surface area (Å²) in [6, 6.07) is 7.87. The van der Waals surface area contributed by atoms with E-state index in [1.54, 1.807) is 0 Å². The lowest BCUT2D eigenvalue weighted by Gasteiger charge is -2.36. The summed E-state index contributed by atoms with van der Waals surface area (Å²) in [6.45, 7) is 1.26. The van der Waals surface area contributed by atoms with Crippen LogP contribution in [0.2, 0.25) is 0 Å². The number of hydrogen-bond acceptors (Lipinski definition) is 4. The molecule has 3 saturated heterocycles. The van der Waals surface area contributed by atoms with Crippen molar-refractivity contribution in [3.8, 4) is 0 Å². The Hall–Kier alpha value is -0.750. The number of aliphatic hydroxyl groups is 1. The third-order valence-corrected chi connectivity index (χ3v) is 7.06. The van der Waals surface area contributed by atoms with Gasteiger partial charge >= 0.3 is 0 Å². The van der Waals surface area contributed by atoms with Gasteiger partial charge in [-0.3, -0.25) is 4.21 Å². The smallest absolute Gasteiger partial charge is 0.184 e. The van der Waals surface area contributed by atoms with Crippen LogP contribution >= 0.6 is 0 Å². The molecule has 2 atom stereocenters. The molecule has 3 aliphatic heterocycles. The van der Waals surface area contributed by atoms with Crippen molar-refractivity contribution in [1.82, 2.24) is 0 Å². The SMILES string of the molecule is O=S1C2CCC1CC(O)(c1ccc(C3OCCO3)cc1)C2. The summed E-state index contributed by atoms with van der Waals surface area (Å²) in [7, 11) is -0.745. The van der Waals surface area contributed by atoms with Gasteiger partial charge in [-0.25, -0.2) is 0 Å². The molecular weight excluding hydrogens is 288 g/mol. The zero-order chi connectivity index (χ0) is 14.4. The van der Waals surface area contributed by atoms with Crippen LogP contribution < -0.4 is 0 Å². The van der Waals surface area contributed by atoms with Crippen molar-refractivity contribution in [2.75, 3.05) is 13.2 Å². The third kappa shape index (κ3) is 2.36. The summed E-state index contributed by atoms with van der Waals surface area (Å²) in [5, 5.41) is 11.3. The Bertz CT molecular complexity index is 534. The lowest BCUT2D eigenvalue weighted by Crippen LogP contribution is -2.40. The second-order valence-corrected chi connectivity index (χ2v) is 8.28. The minimum absolute atomic E-state index is 0.162. The molecule has 1 N–H and O–H groups in total. The summed E-state index contributed by atoms with van der Waals surface area (Å²) >= 11 is 0. The van der Waals surface area contributed by atoms with Gasteiger partial charge in [0.1, 0.15) is 0 Å². The Kier molecular flexibility index (Phi) is 3.41. The average molecular weight is 308 g/mol. The largest absolute Gasteiger partial charge is 0.385 e. The minimum Gasteiger partial charge on any atom is -0.385 e. The van der Waals surface area contributed by atoms with Crippen LogP contribution in [0.25, 0.3) is 0 Å². The molecule has 0 aromatic heterocycles. The second-order valence-electron chi connectivity index (χ2n) is 6.29. The molecule has 21 heavy (non-hydrogen) atoms. The van der Waals surface area contributed by atoms with Gasteiger partial charge in [0, 0.05) is 26.9 Å². The van der Waals surface area contributed by atoms with E-state index < -0.39 is 16.4 Å². The molecule has 1 aromatic carbocycles. The molecular formula is C16H20O4S. The van der Waals surface area contributed by atoms with Gasteiger partial charge in [-0.2, -0.15) is 0 Å². The van der Waals surface area contributed by atoms with Gasteiger partial charge in [0.05, 0.1) is 18.8 Å².